The number of carboxylic acid groups (broad SMARTS) is 1. The van der Waals surface area contributed by atoms with Gasteiger partial charge in [0.1, 0.15) is 6.10 Å². The Bertz CT molecular complexity index is 496. The molecular weight excluding hydrogens is 272 g/mol. The summed E-state index contributed by atoms with van der Waals surface area (Å²) in [5.41, 5.74) is -0.912. The first-order valence-electron chi connectivity index (χ1n) is 7.56. The zero-order valence-corrected chi connectivity index (χ0v) is 13.1. The van der Waals surface area contributed by atoms with E-state index in [9.17, 15) is 9.90 Å². The lowest BCUT2D eigenvalue weighted by Crippen LogP contribution is -2.35. The molecule has 1 saturated carbocycles. The molecule has 6 heteroatoms. The lowest BCUT2D eigenvalue weighted by Gasteiger charge is -2.27. The lowest BCUT2D eigenvalue weighted by molar-refractivity contribution is -0.150. The fraction of sp³-hybridized carbons (Fsp3) is 0.800. The third-order valence-corrected chi connectivity index (χ3v) is 4.42. The van der Waals surface area contributed by atoms with Gasteiger partial charge < -0.3 is 14.4 Å². The van der Waals surface area contributed by atoms with Crippen LogP contribution in [0, 0.1) is 17.3 Å². The zero-order chi connectivity index (χ0) is 15.6. The molecule has 1 fully saturated rings. The minimum absolute atomic E-state index is 0.0310. The summed E-state index contributed by atoms with van der Waals surface area (Å²) in [6.45, 7) is 8.03. The third-order valence-electron chi connectivity index (χ3n) is 4.42. The summed E-state index contributed by atoms with van der Waals surface area (Å²) in [6, 6.07) is 0. The van der Waals surface area contributed by atoms with Gasteiger partial charge in [0.25, 0.3) is 0 Å². The second kappa shape index (κ2) is 6.13. The van der Waals surface area contributed by atoms with Crippen molar-refractivity contribution >= 4 is 5.97 Å². The van der Waals surface area contributed by atoms with Crippen LogP contribution >= 0.6 is 0 Å². The van der Waals surface area contributed by atoms with Gasteiger partial charge in [0.2, 0.25) is 11.7 Å². The molecule has 1 aromatic rings. The highest BCUT2D eigenvalue weighted by Gasteiger charge is 2.40. The van der Waals surface area contributed by atoms with Gasteiger partial charge in [0.15, 0.2) is 0 Å². The minimum Gasteiger partial charge on any atom is -0.481 e. The normalized spacial score (nSPS) is 19.5. The number of hydrogen-bond acceptors (Lipinski definition) is 5. The maximum atomic E-state index is 11.5. The van der Waals surface area contributed by atoms with Crippen molar-refractivity contribution in [3.8, 4) is 0 Å². The van der Waals surface area contributed by atoms with Gasteiger partial charge in [0, 0.05) is 13.0 Å². The fourth-order valence-corrected chi connectivity index (χ4v) is 2.30. The molecular formula is C15H24N2O4. The summed E-state index contributed by atoms with van der Waals surface area (Å²) in [5, 5.41) is 13.4. The molecule has 2 atom stereocenters. The van der Waals surface area contributed by atoms with Crippen LogP contribution in [0.25, 0.3) is 0 Å². The van der Waals surface area contributed by atoms with Crippen molar-refractivity contribution in [2.45, 2.75) is 53.1 Å². The monoisotopic (exact) mass is 296 g/mol. The highest BCUT2D eigenvalue weighted by atomic mass is 16.5. The van der Waals surface area contributed by atoms with E-state index in [1.807, 2.05) is 20.8 Å². The number of carboxylic acids is 1. The average Bonchev–Trinajstić information content (AvgIpc) is 3.15. The number of aromatic nitrogens is 2. The molecule has 0 radical (unpaired) electrons. The molecule has 0 aromatic carbocycles. The predicted molar refractivity (Wildman–Crippen MR) is 75.7 cm³/mol. The summed E-state index contributed by atoms with van der Waals surface area (Å²) in [5.74, 6) is 0.503. The van der Waals surface area contributed by atoms with Gasteiger partial charge in [-0.1, -0.05) is 19.0 Å². The Balaban J connectivity index is 2.13. The Morgan fingerprint density at radius 3 is 2.67 bits per heavy atom. The smallest absolute Gasteiger partial charge is 0.310 e. The fourth-order valence-electron chi connectivity index (χ4n) is 2.30. The van der Waals surface area contributed by atoms with Gasteiger partial charge in [-0.25, -0.2) is 0 Å². The molecule has 1 heterocycles. The van der Waals surface area contributed by atoms with Crippen LogP contribution in [0.4, 0.5) is 0 Å². The summed E-state index contributed by atoms with van der Waals surface area (Å²) >= 11 is 0. The van der Waals surface area contributed by atoms with E-state index in [4.69, 9.17) is 9.26 Å². The van der Waals surface area contributed by atoms with E-state index in [0.717, 1.165) is 12.8 Å². The van der Waals surface area contributed by atoms with Crippen LogP contribution < -0.4 is 0 Å². The summed E-state index contributed by atoms with van der Waals surface area (Å²) in [7, 11) is 0. The first-order valence-corrected chi connectivity index (χ1v) is 7.56. The molecule has 2 unspecified atom stereocenters. The largest absolute Gasteiger partial charge is 0.481 e. The zero-order valence-electron chi connectivity index (χ0n) is 13.1. The SMILES string of the molecule is CCOC(c1noc(CC(C)(C(=O)O)C(C)C)n1)C1CC1. The van der Waals surface area contributed by atoms with Crippen LogP contribution in [0.2, 0.25) is 0 Å². The van der Waals surface area contributed by atoms with Gasteiger partial charge in [-0.2, -0.15) is 4.98 Å². The molecule has 1 N–H and O–H groups in total. The molecule has 0 amide bonds. The minimum atomic E-state index is -0.912. The third kappa shape index (κ3) is 3.43. The molecule has 1 aromatic heterocycles. The molecule has 118 valence electrons. The van der Waals surface area contributed by atoms with Gasteiger partial charge in [-0.3, -0.25) is 4.79 Å². The number of nitrogens with zero attached hydrogens (tertiary/aromatic N) is 2. The Kier molecular flexibility index (Phi) is 4.66. The van der Waals surface area contributed by atoms with Crippen molar-refractivity contribution in [3.05, 3.63) is 11.7 Å². The van der Waals surface area contributed by atoms with Gasteiger partial charge >= 0.3 is 5.97 Å². The van der Waals surface area contributed by atoms with Crippen LogP contribution in [0.3, 0.4) is 0 Å². The number of carbonyl (C=O) groups is 1. The van der Waals surface area contributed by atoms with E-state index >= 15 is 0 Å². The van der Waals surface area contributed by atoms with Crippen LogP contribution in [0.1, 0.15) is 58.4 Å². The van der Waals surface area contributed by atoms with Crippen LogP contribution in [-0.4, -0.2) is 27.8 Å². The summed E-state index contributed by atoms with van der Waals surface area (Å²) < 4.78 is 11.0. The van der Waals surface area contributed by atoms with E-state index in [0.29, 0.717) is 24.2 Å². The molecule has 0 spiro atoms. The predicted octanol–water partition coefficient (Wildman–Crippen LogP) is 2.85. The molecule has 1 aliphatic carbocycles. The van der Waals surface area contributed by atoms with Crippen molar-refractivity contribution in [2.75, 3.05) is 6.61 Å². The highest BCUT2D eigenvalue weighted by Crippen LogP contribution is 2.42. The number of aliphatic carboxylic acids is 1. The molecule has 1 aliphatic rings. The maximum Gasteiger partial charge on any atom is 0.310 e. The first kappa shape index (κ1) is 15.9. The Hall–Kier alpha value is -1.43. The number of rotatable bonds is 8. The highest BCUT2D eigenvalue weighted by molar-refractivity contribution is 5.74. The molecule has 6 nitrogen and oxygen atoms in total. The Labute approximate surface area is 124 Å². The Morgan fingerprint density at radius 2 is 2.19 bits per heavy atom. The van der Waals surface area contributed by atoms with Gasteiger partial charge in [-0.15, -0.1) is 0 Å². The standard InChI is InChI=1S/C15H24N2O4/c1-5-20-12(10-6-7-10)13-16-11(21-17-13)8-15(4,9(2)3)14(18)19/h9-10,12H,5-8H2,1-4H3,(H,18,19). The molecule has 0 aliphatic heterocycles. The summed E-state index contributed by atoms with van der Waals surface area (Å²) in [4.78, 5) is 15.9. The average molecular weight is 296 g/mol. The molecule has 2 rings (SSSR count). The van der Waals surface area contributed by atoms with Crippen molar-refractivity contribution in [1.29, 1.82) is 0 Å². The van der Waals surface area contributed by atoms with Crippen molar-refractivity contribution in [2.24, 2.45) is 17.3 Å². The van der Waals surface area contributed by atoms with E-state index in [2.05, 4.69) is 10.1 Å². The van der Waals surface area contributed by atoms with Crippen molar-refractivity contribution < 1.29 is 19.2 Å². The second-order valence-electron chi connectivity index (χ2n) is 6.31. The summed E-state index contributed by atoms with van der Waals surface area (Å²) in [6.07, 6.45) is 2.35. The quantitative estimate of drug-likeness (QED) is 0.794. The molecule has 0 saturated heterocycles. The maximum absolute atomic E-state index is 11.5. The van der Waals surface area contributed by atoms with Gasteiger partial charge in [0.05, 0.1) is 5.41 Å². The van der Waals surface area contributed by atoms with Crippen molar-refractivity contribution in [3.63, 3.8) is 0 Å². The van der Waals surface area contributed by atoms with Crippen LogP contribution in [-0.2, 0) is 16.0 Å². The first-order chi connectivity index (χ1) is 9.88. The van der Waals surface area contributed by atoms with E-state index in [1.54, 1.807) is 6.92 Å². The lowest BCUT2D eigenvalue weighted by atomic mass is 9.76. The van der Waals surface area contributed by atoms with Crippen LogP contribution in [0.5, 0.6) is 0 Å². The van der Waals surface area contributed by atoms with Gasteiger partial charge in [-0.05, 0) is 38.5 Å². The van der Waals surface area contributed by atoms with E-state index in [-0.39, 0.29) is 18.4 Å². The number of hydrogen-bond donors (Lipinski definition) is 1. The second-order valence-corrected chi connectivity index (χ2v) is 6.31. The van der Waals surface area contributed by atoms with Crippen molar-refractivity contribution in [1.82, 2.24) is 10.1 Å². The van der Waals surface area contributed by atoms with E-state index in [1.165, 1.54) is 0 Å². The topological polar surface area (TPSA) is 85.5 Å². The number of ether oxygens (including phenoxy) is 1. The van der Waals surface area contributed by atoms with E-state index < -0.39 is 11.4 Å². The molecule has 21 heavy (non-hydrogen) atoms. The molecule has 0 bridgehead atoms. The van der Waals surface area contributed by atoms with Crippen LogP contribution in [0.15, 0.2) is 4.52 Å². The Morgan fingerprint density at radius 1 is 1.52 bits per heavy atom.